The molecular weight excluding hydrogens is 207 g/mol. The smallest absolute Gasteiger partial charge is 0.184 e. The fraction of sp³-hybridized carbons (Fsp3) is 1.00. The van der Waals surface area contributed by atoms with E-state index in [1.807, 2.05) is 0 Å². The average molecular weight is 217 g/mol. The zero-order valence-electron chi connectivity index (χ0n) is 6.10. The Balaban J connectivity index is 2.58. The minimum absolute atomic E-state index is 0.0860. The van der Waals surface area contributed by atoms with E-state index in [1.165, 1.54) is 0 Å². The molecule has 6 heteroatoms. The van der Waals surface area contributed by atoms with Gasteiger partial charge in [-0.15, -0.1) is 23.2 Å². The summed E-state index contributed by atoms with van der Waals surface area (Å²) in [5, 5.41) is 26.6. The summed E-state index contributed by atoms with van der Waals surface area (Å²) in [5.74, 6) is 0.0860. The van der Waals surface area contributed by atoms with Gasteiger partial charge in [0.25, 0.3) is 0 Å². The Morgan fingerprint density at radius 2 is 1.83 bits per heavy atom. The molecule has 72 valence electrons. The lowest BCUT2D eigenvalue weighted by Gasteiger charge is -2.17. The highest BCUT2D eigenvalue weighted by atomic mass is 35.5. The number of alkyl halides is 2. The molecule has 1 unspecified atom stereocenters. The summed E-state index contributed by atoms with van der Waals surface area (Å²) in [5.41, 5.74) is 0. The highest BCUT2D eigenvalue weighted by molar-refractivity contribution is 6.28. The van der Waals surface area contributed by atoms with Gasteiger partial charge in [0.15, 0.2) is 6.29 Å². The van der Waals surface area contributed by atoms with Crippen molar-refractivity contribution in [3.63, 3.8) is 0 Å². The topological polar surface area (TPSA) is 69.9 Å². The molecule has 4 nitrogen and oxygen atoms in total. The van der Waals surface area contributed by atoms with E-state index < -0.39 is 30.0 Å². The van der Waals surface area contributed by atoms with Gasteiger partial charge in [0.05, 0.1) is 5.38 Å². The molecule has 5 atom stereocenters. The van der Waals surface area contributed by atoms with Crippen LogP contribution in [0.4, 0.5) is 0 Å². The second kappa shape index (κ2) is 4.09. The van der Waals surface area contributed by atoms with Crippen molar-refractivity contribution in [3.05, 3.63) is 0 Å². The maximum absolute atomic E-state index is 9.25. The van der Waals surface area contributed by atoms with Crippen LogP contribution in [0.15, 0.2) is 0 Å². The van der Waals surface area contributed by atoms with Crippen molar-refractivity contribution in [1.29, 1.82) is 0 Å². The third-order valence-electron chi connectivity index (χ3n) is 1.78. The van der Waals surface area contributed by atoms with Crippen molar-refractivity contribution in [3.8, 4) is 0 Å². The van der Waals surface area contributed by atoms with Crippen LogP contribution in [0, 0.1) is 0 Å². The number of aliphatic hydroxyl groups is 3. The molecule has 1 aliphatic heterocycles. The zero-order chi connectivity index (χ0) is 9.30. The molecule has 12 heavy (non-hydrogen) atoms. The second-order valence-corrected chi connectivity index (χ2v) is 3.51. The van der Waals surface area contributed by atoms with E-state index in [4.69, 9.17) is 38.2 Å². The van der Waals surface area contributed by atoms with E-state index in [0.29, 0.717) is 0 Å². The van der Waals surface area contributed by atoms with Gasteiger partial charge in [-0.3, -0.25) is 0 Å². The Kier molecular flexibility index (Phi) is 3.58. The first-order valence-corrected chi connectivity index (χ1v) is 4.44. The lowest BCUT2D eigenvalue weighted by atomic mass is 10.1. The van der Waals surface area contributed by atoms with E-state index in [2.05, 4.69) is 0 Å². The molecule has 0 amide bonds. The molecule has 0 bridgehead atoms. The van der Waals surface area contributed by atoms with Crippen LogP contribution in [0.1, 0.15) is 0 Å². The SMILES string of the molecule is OC1[C@H](O)O[C@@H]([C@H](Cl)CCl)[C@H]1O. The van der Waals surface area contributed by atoms with Crippen LogP contribution in [0.5, 0.6) is 0 Å². The number of hydrogen-bond acceptors (Lipinski definition) is 4. The van der Waals surface area contributed by atoms with Crippen molar-refractivity contribution < 1.29 is 20.1 Å². The standard InChI is InChI=1S/C6H10Cl2O4/c7-1-2(8)5-3(9)4(10)6(11)12-5/h2-6,9-11H,1H2/t2-,3+,4?,5+,6-/m1/s1. The minimum Gasteiger partial charge on any atom is -0.387 e. The summed E-state index contributed by atoms with van der Waals surface area (Å²) < 4.78 is 4.78. The maximum Gasteiger partial charge on any atom is 0.184 e. The Morgan fingerprint density at radius 1 is 1.25 bits per heavy atom. The quantitative estimate of drug-likeness (QED) is 0.533. The van der Waals surface area contributed by atoms with E-state index in [-0.39, 0.29) is 5.88 Å². The van der Waals surface area contributed by atoms with Gasteiger partial charge < -0.3 is 20.1 Å². The van der Waals surface area contributed by atoms with E-state index >= 15 is 0 Å². The maximum atomic E-state index is 9.25. The fourth-order valence-electron chi connectivity index (χ4n) is 1.07. The van der Waals surface area contributed by atoms with Gasteiger partial charge in [0.1, 0.15) is 18.3 Å². The van der Waals surface area contributed by atoms with Crippen molar-refractivity contribution in [2.75, 3.05) is 5.88 Å². The first-order valence-electron chi connectivity index (χ1n) is 3.47. The molecule has 0 aromatic heterocycles. The van der Waals surface area contributed by atoms with Crippen LogP contribution in [0.25, 0.3) is 0 Å². The number of hydrogen-bond donors (Lipinski definition) is 3. The van der Waals surface area contributed by atoms with Crippen LogP contribution in [-0.4, -0.2) is 51.2 Å². The normalized spacial score (nSPS) is 44.8. The van der Waals surface area contributed by atoms with Gasteiger partial charge >= 0.3 is 0 Å². The van der Waals surface area contributed by atoms with Crippen LogP contribution >= 0.6 is 23.2 Å². The predicted molar refractivity (Wildman–Crippen MR) is 43.3 cm³/mol. The molecule has 0 spiro atoms. The summed E-state index contributed by atoms with van der Waals surface area (Å²) in [6, 6.07) is 0. The summed E-state index contributed by atoms with van der Waals surface area (Å²) in [4.78, 5) is 0. The monoisotopic (exact) mass is 216 g/mol. The Hall–Kier alpha value is 0.420. The van der Waals surface area contributed by atoms with Gasteiger partial charge in [-0.05, 0) is 0 Å². The second-order valence-electron chi connectivity index (χ2n) is 2.64. The van der Waals surface area contributed by atoms with Crippen molar-refractivity contribution >= 4 is 23.2 Å². The molecule has 1 aliphatic rings. The highest BCUT2D eigenvalue weighted by Crippen LogP contribution is 2.25. The molecule has 0 aromatic rings. The van der Waals surface area contributed by atoms with E-state index in [0.717, 1.165) is 0 Å². The molecule has 1 fully saturated rings. The van der Waals surface area contributed by atoms with Crippen LogP contribution < -0.4 is 0 Å². The number of halogens is 2. The molecule has 3 N–H and O–H groups in total. The lowest BCUT2D eigenvalue weighted by Crippen LogP contribution is -2.37. The Bertz CT molecular complexity index is 156. The Morgan fingerprint density at radius 3 is 2.17 bits per heavy atom. The Labute approximate surface area is 79.7 Å². The van der Waals surface area contributed by atoms with E-state index in [9.17, 15) is 5.11 Å². The number of rotatable bonds is 2. The number of aliphatic hydroxyl groups excluding tert-OH is 3. The van der Waals surface area contributed by atoms with Gasteiger partial charge in [0.2, 0.25) is 0 Å². The van der Waals surface area contributed by atoms with Gasteiger partial charge in [-0.1, -0.05) is 0 Å². The van der Waals surface area contributed by atoms with Gasteiger partial charge in [0, 0.05) is 5.88 Å². The summed E-state index contributed by atoms with van der Waals surface area (Å²) in [6.45, 7) is 0. The molecule has 1 rings (SSSR count). The van der Waals surface area contributed by atoms with Gasteiger partial charge in [-0.2, -0.15) is 0 Å². The van der Waals surface area contributed by atoms with Crippen LogP contribution in [0.3, 0.4) is 0 Å². The minimum atomic E-state index is -1.38. The molecule has 1 heterocycles. The molecule has 1 saturated heterocycles. The summed E-state index contributed by atoms with van der Waals surface area (Å²) in [7, 11) is 0. The molecule has 0 aliphatic carbocycles. The first-order chi connectivity index (χ1) is 5.57. The van der Waals surface area contributed by atoms with Gasteiger partial charge in [-0.25, -0.2) is 0 Å². The lowest BCUT2D eigenvalue weighted by molar-refractivity contribution is -0.126. The van der Waals surface area contributed by atoms with Crippen molar-refractivity contribution in [1.82, 2.24) is 0 Å². The zero-order valence-corrected chi connectivity index (χ0v) is 7.61. The molecule has 0 aromatic carbocycles. The third kappa shape index (κ3) is 1.84. The molecular formula is C6H10Cl2O4. The molecule has 0 saturated carbocycles. The summed E-state index contributed by atoms with van der Waals surface area (Å²) >= 11 is 11.1. The third-order valence-corrected chi connectivity index (χ3v) is 2.67. The molecule has 0 radical (unpaired) electrons. The highest BCUT2D eigenvalue weighted by Gasteiger charge is 2.44. The average Bonchev–Trinajstić information content (AvgIpc) is 2.32. The van der Waals surface area contributed by atoms with Crippen LogP contribution in [-0.2, 0) is 4.74 Å². The van der Waals surface area contributed by atoms with Crippen molar-refractivity contribution in [2.45, 2.75) is 30.0 Å². The summed E-state index contributed by atoms with van der Waals surface area (Å²) in [6.07, 6.45) is -4.68. The first kappa shape index (κ1) is 10.5. The number of ether oxygens (including phenoxy) is 1. The van der Waals surface area contributed by atoms with E-state index in [1.54, 1.807) is 0 Å². The van der Waals surface area contributed by atoms with Crippen molar-refractivity contribution in [2.24, 2.45) is 0 Å². The van der Waals surface area contributed by atoms with Crippen LogP contribution in [0.2, 0.25) is 0 Å². The fourth-order valence-corrected chi connectivity index (χ4v) is 1.46. The largest absolute Gasteiger partial charge is 0.387 e. The predicted octanol–water partition coefficient (Wildman–Crippen LogP) is -0.728.